The third kappa shape index (κ3) is 2.69. The summed E-state index contributed by atoms with van der Waals surface area (Å²) in [5, 5.41) is 0. The van der Waals surface area contributed by atoms with Crippen molar-refractivity contribution in [3.8, 4) is 0 Å². The van der Waals surface area contributed by atoms with Gasteiger partial charge in [0.2, 0.25) is 0 Å². The van der Waals surface area contributed by atoms with Crippen LogP contribution in [0.15, 0.2) is 91.0 Å². The van der Waals surface area contributed by atoms with Crippen LogP contribution < -0.4 is 0 Å². The van der Waals surface area contributed by atoms with Crippen LogP contribution in [0.1, 0.15) is 23.6 Å². The van der Waals surface area contributed by atoms with Crippen LogP contribution in [0.25, 0.3) is 0 Å². The summed E-state index contributed by atoms with van der Waals surface area (Å²) < 4.78 is -0.210. The molecule has 0 saturated heterocycles. The SMILES string of the molecule is C[CH]SC(c1ccccc1)(c1ccccc1)c1ccccc1. The molecule has 0 aliphatic heterocycles. The summed E-state index contributed by atoms with van der Waals surface area (Å²) in [6.07, 6.45) is 0. The predicted molar refractivity (Wildman–Crippen MR) is 96.8 cm³/mol. The summed E-state index contributed by atoms with van der Waals surface area (Å²) in [5.74, 6) is 2.19. The van der Waals surface area contributed by atoms with E-state index in [2.05, 4.69) is 104 Å². The topological polar surface area (TPSA) is 0 Å². The Bertz CT molecular complexity index is 593. The number of thioether (sulfide) groups is 1. The Kier molecular flexibility index (Phi) is 4.65. The molecule has 0 fully saturated rings. The molecule has 0 N–H and O–H groups in total. The van der Waals surface area contributed by atoms with Crippen LogP contribution >= 0.6 is 11.8 Å². The fourth-order valence-electron chi connectivity index (χ4n) is 2.90. The maximum absolute atomic E-state index is 2.22. The van der Waals surface area contributed by atoms with Gasteiger partial charge >= 0.3 is 0 Å². The number of hydrogen-bond donors (Lipinski definition) is 0. The van der Waals surface area contributed by atoms with Gasteiger partial charge in [0.05, 0.1) is 4.75 Å². The normalized spacial score (nSPS) is 11.3. The first kappa shape index (κ1) is 14.9. The third-order valence-electron chi connectivity index (χ3n) is 3.84. The molecule has 0 spiro atoms. The van der Waals surface area contributed by atoms with Crippen LogP contribution in [0.4, 0.5) is 0 Å². The predicted octanol–water partition coefficient (Wildman–Crippen LogP) is 5.89. The Morgan fingerprint density at radius 1 is 0.591 bits per heavy atom. The molecule has 0 unspecified atom stereocenters. The Morgan fingerprint density at radius 2 is 0.909 bits per heavy atom. The van der Waals surface area contributed by atoms with Crippen LogP contribution in [-0.4, -0.2) is 0 Å². The average molecular weight is 303 g/mol. The van der Waals surface area contributed by atoms with E-state index in [1.807, 2.05) is 11.8 Å². The molecule has 109 valence electrons. The molecule has 1 heteroatoms. The summed E-state index contributed by atoms with van der Waals surface area (Å²) in [5.41, 5.74) is 3.90. The highest BCUT2D eigenvalue weighted by Gasteiger charge is 2.36. The molecule has 0 aromatic heterocycles. The zero-order valence-electron chi connectivity index (χ0n) is 12.6. The first-order valence-electron chi connectivity index (χ1n) is 7.50. The van der Waals surface area contributed by atoms with Gasteiger partial charge in [0.15, 0.2) is 0 Å². The molecule has 0 saturated carbocycles. The van der Waals surface area contributed by atoms with E-state index in [0.29, 0.717) is 0 Å². The molecule has 22 heavy (non-hydrogen) atoms. The van der Waals surface area contributed by atoms with Gasteiger partial charge in [0.25, 0.3) is 0 Å². The molecule has 0 aliphatic carbocycles. The molecular weight excluding hydrogens is 284 g/mol. The smallest absolute Gasteiger partial charge is 0.0909 e. The Morgan fingerprint density at radius 3 is 1.18 bits per heavy atom. The summed E-state index contributed by atoms with van der Waals surface area (Å²) in [4.78, 5) is 0. The zero-order valence-corrected chi connectivity index (χ0v) is 13.5. The van der Waals surface area contributed by atoms with Crippen molar-refractivity contribution in [2.75, 3.05) is 0 Å². The number of hydrogen-bond acceptors (Lipinski definition) is 1. The Hall–Kier alpha value is -1.99. The fourth-order valence-corrected chi connectivity index (χ4v) is 4.07. The zero-order chi connectivity index (χ0) is 15.3. The summed E-state index contributed by atoms with van der Waals surface area (Å²) in [7, 11) is 0. The highest BCUT2D eigenvalue weighted by atomic mass is 32.2. The van der Waals surface area contributed by atoms with Crippen molar-refractivity contribution in [2.24, 2.45) is 0 Å². The maximum Gasteiger partial charge on any atom is 0.0909 e. The van der Waals surface area contributed by atoms with E-state index in [4.69, 9.17) is 0 Å². The molecule has 0 atom stereocenters. The van der Waals surface area contributed by atoms with Gasteiger partial charge in [-0.05, 0) is 16.7 Å². The largest absolute Gasteiger partial charge is 0.136 e. The summed E-state index contributed by atoms with van der Waals surface area (Å²) in [6.45, 7) is 2.11. The summed E-state index contributed by atoms with van der Waals surface area (Å²) in [6, 6.07) is 32.2. The molecule has 3 aromatic carbocycles. The van der Waals surface area contributed by atoms with Crippen LogP contribution in [0.3, 0.4) is 0 Å². The molecule has 3 rings (SSSR count). The van der Waals surface area contributed by atoms with E-state index < -0.39 is 0 Å². The maximum atomic E-state index is 2.22. The van der Waals surface area contributed by atoms with Gasteiger partial charge in [-0.1, -0.05) is 97.9 Å². The molecule has 0 bridgehead atoms. The molecule has 0 aliphatic rings. The highest BCUT2D eigenvalue weighted by Crippen LogP contribution is 2.49. The van der Waals surface area contributed by atoms with E-state index in [0.717, 1.165) is 0 Å². The lowest BCUT2D eigenvalue weighted by molar-refractivity contribution is 0.898. The van der Waals surface area contributed by atoms with Crippen molar-refractivity contribution in [2.45, 2.75) is 11.7 Å². The average Bonchev–Trinajstić information content (AvgIpc) is 2.62. The van der Waals surface area contributed by atoms with Crippen molar-refractivity contribution in [3.63, 3.8) is 0 Å². The monoisotopic (exact) mass is 303 g/mol. The van der Waals surface area contributed by atoms with E-state index >= 15 is 0 Å². The number of rotatable bonds is 5. The second-order valence-electron chi connectivity index (χ2n) is 5.13. The molecule has 0 nitrogen and oxygen atoms in total. The van der Waals surface area contributed by atoms with Gasteiger partial charge < -0.3 is 0 Å². The van der Waals surface area contributed by atoms with Crippen LogP contribution in [-0.2, 0) is 4.75 Å². The first-order valence-corrected chi connectivity index (χ1v) is 8.38. The van der Waals surface area contributed by atoms with E-state index in [9.17, 15) is 0 Å². The van der Waals surface area contributed by atoms with Crippen molar-refractivity contribution in [1.29, 1.82) is 0 Å². The minimum Gasteiger partial charge on any atom is -0.136 e. The van der Waals surface area contributed by atoms with Gasteiger partial charge in [-0.25, -0.2) is 0 Å². The van der Waals surface area contributed by atoms with Crippen molar-refractivity contribution in [1.82, 2.24) is 0 Å². The second-order valence-corrected chi connectivity index (χ2v) is 6.45. The fraction of sp³-hybridized carbons (Fsp3) is 0.0952. The minimum absolute atomic E-state index is 0.210. The Balaban J connectivity index is 2.29. The van der Waals surface area contributed by atoms with Gasteiger partial charge in [0, 0.05) is 5.75 Å². The Labute approximate surface area is 137 Å². The van der Waals surface area contributed by atoms with Gasteiger partial charge in [-0.2, -0.15) is 0 Å². The first-order chi connectivity index (χ1) is 10.9. The number of benzene rings is 3. The van der Waals surface area contributed by atoms with Crippen LogP contribution in [0.5, 0.6) is 0 Å². The third-order valence-corrected chi connectivity index (χ3v) is 5.13. The van der Waals surface area contributed by atoms with Crippen LogP contribution in [0, 0.1) is 5.75 Å². The lowest BCUT2D eigenvalue weighted by Gasteiger charge is -2.35. The van der Waals surface area contributed by atoms with E-state index in [1.165, 1.54) is 16.7 Å². The molecular formula is C21H19S. The van der Waals surface area contributed by atoms with Crippen LogP contribution in [0.2, 0.25) is 0 Å². The lowest BCUT2D eigenvalue weighted by atomic mass is 9.84. The van der Waals surface area contributed by atoms with Gasteiger partial charge in [-0.15, -0.1) is 11.8 Å². The summed E-state index contributed by atoms with van der Waals surface area (Å²) >= 11 is 1.86. The van der Waals surface area contributed by atoms with Gasteiger partial charge in [0.1, 0.15) is 0 Å². The lowest BCUT2D eigenvalue weighted by Crippen LogP contribution is -2.25. The molecule has 0 amide bonds. The van der Waals surface area contributed by atoms with E-state index in [1.54, 1.807) is 0 Å². The van der Waals surface area contributed by atoms with Crippen molar-refractivity contribution in [3.05, 3.63) is 113 Å². The minimum atomic E-state index is -0.210. The quantitative estimate of drug-likeness (QED) is 0.529. The second kappa shape index (κ2) is 6.85. The molecule has 1 radical (unpaired) electrons. The highest BCUT2D eigenvalue weighted by molar-refractivity contribution is 8.02. The molecule has 0 heterocycles. The van der Waals surface area contributed by atoms with Gasteiger partial charge in [-0.3, -0.25) is 0 Å². The standard InChI is InChI=1S/C21H19S/c1-2-22-21(18-12-6-3-7-13-18,19-14-8-4-9-15-19)20-16-10-5-11-17-20/h2-17H,1H3. The van der Waals surface area contributed by atoms with Crippen molar-refractivity contribution >= 4 is 11.8 Å². The van der Waals surface area contributed by atoms with E-state index in [-0.39, 0.29) is 4.75 Å². The molecule has 3 aromatic rings. The van der Waals surface area contributed by atoms with Crippen molar-refractivity contribution < 1.29 is 0 Å².